The van der Waals surface area contributed by atoms with Crippen molar-refractivity contribution in [3.8, 4) is 0 Å². The molecule has 3 rings (SSSR count). The molecule has 0 atom stereocenters. The van der Waals surface area contributed by atoms with Crippen LogP contribution in [0.4, 0.5) is 4.39 Å². The van der Waals surface area contributed by atoms with Gasteiger partial charge in [0, 0.05) is 5.75 Å². The van der Waals surface area contributed by atoms with Crippen LogP contribution in [0.1, 0.15) is 19.4 Å². The van der Waals surface area contributed by atoms with Crippen LogP contribution >= 0.6 is 11.8 Å². The minimum Gasteiger partial charge on any atom is -0.311 e. The largest absolute Gasteiger partial charge is 0.311 e. The first kappa shape index (κ1) is 23.4. The van der Waals surface area contributed by atoms with Crippen molar-refractivity contribution in [3.05, 3.63) is 96.2 Å². The van der Waals surface area contributed by atoms with E-state index in [-0.39, 0.29) is 0 Å². The van der Waals surface area contributed by atoms with Gasteiger partial charge in [0.2, 0.25) is 0 Å². The highest BCUT2D eigenvalue weighted by molar-refractivity contribution is 7.99. The van der Waals surface area contributed by atoms with E-state index in [1.165, 1.54) is 17.3 Å². The van der Waals surface area contributed by atoms with E-state index in [0.29, 0.717) is 28.5 Å². The van der Waals surface area contributed by atoms with Gasteiger partial charge in [0.15, 0.2) is 5.65 Å². The number of aromatic nitrogens is 4. The van der Waals surface area contributed by atoms with Crippen LogP contribution in [0.3, 0.4) is 0 Å². The second kappa shape index (κ2) is 10.9. The number of nitrogens with zero attached hydrogens (tertiary/aromatic N) is 4. The fourth-order valence-electron chi connectivity index (χ4n) is 3.56. The van der Waals surface area contributed by atoms with Gasteiger partial charge in [-0.25, -0.2) is 4.98 Å². The minimum absolute atomic E-state index is 0.461. The number of thioether (sulfide) groups is 1. The van der Waals surface area contributed by atoms with Crippen molar-refractivity contribution in [1.29, 1.82) is 0 Å². The molecule has 0 saturated heterocycles. The predicted octanol–water partition coefficient (Wildman–Crippen LogP) is 4.76. The van der Waals surface area contributed by atoms with Crippen molar-refractivity contribution in [1.82, 2.24) is 19.5 Å². The third kappa shape index (κ3) is 4.97. The zero-order chi connectivity index (χ0) is 23.1. The molecule has 4 nitrogen and oxygen atoms in total. The minimum atomic E-state index is -0.772. The average molecular weight is 447 g/mol. The number of imidazole rings is 1. The van der Waals surface area contributed by atoms with Gasteiger partial charge in [0.1, 0.15) is 10.5 Å². The molecule has 0 amide bonds. The molecule has 164 valence electrons. The molecule has 0 saturated carbocycles. The van der Waals surface area contributed by atoms with Crippen LogP contribution in [-0.4, -0.2) is 25.3 Å². The van der Waals surface area contributed by atoms with Crippen molar-refractivity contribution < 1.29 is 4.39 Å². The first-order valence-electron chi connectivity index (χ1n) is 10.4. The molecule has 0 aliphatic rings. The van der Waals surface area contributed by atoms with Crippen LogP contribution < -0.4 is 10.4 Å². The van der Waals surface area contributed by atoms with Gasteiger partial charge in [0.05, 0.1) is 12.9 Å². The Kier molecular flexibility index (Phi) is 7.95. The molecular weight excluding hydrogens is 419 g/mol. The third-order valence-corrected chi connectivity index (χ3v) is 6.19. The molecule has 2 aromatic heterocycles. The van der Waals surface area contributed by atoms with Crippen molar-refractivity contribution in [2.75, 3.05) is 5.75 Å². The van der Waals surface area contributed by atoms with E-state index in [2.05, 4.69) is 65.9 Å². The molecule has 0 aliphatic carbocycles. The zero-order valence-electron chi connectivity index (χ0n) is 18.5. The Balaban J connectivity index is 2.09. The summed E-state index contributed by atoms with van der Waals surface area (Å²) in [7, 11) is 0. The molecule has 3 aromatic rings. The predicted molar refractivity (Wildman–Crippen MR) is 133 cm³/mol. The average Bonchev–Trinajstić information content (AvgIpc) is 3.21. The normalized spacial score (nSPS) is 13.3. The summed E-state index contributed by atoms with van der Waals surface area (Å²) < 4.78 is 16.2. The standard InChI is InChI=1S/C26H27FN4S/c1-6-12-18(7-2)16-32-25-23-24(29-26(27)30-25)31(17-28-23)15-21(10-5)22-19(8-3)13-11-14-20(22)9-4/h6-8,10-14,17H,1-2,5,9,15-16H2,3-4H3/b18-12+,19-8-,22-21-. The summed E-state index contributed by atoms with van der Waals surface area (Å²) in [5.74, 6) is 0.581. The fraction of sp³-hybridized carbons (Fsp3) is 0.192. The lowest BCUT2D eigenvalue weighted by atomic mass is 10.0. The number of halogens is 1. The molecule has 1 aromatic carbocycles. The number of allylic oxidation sites excluding steroid dienone is 4. The SMILES string of the molecule is C=C/C=C(\C=C)CSc1nc(F)nc2c1ncn2C/C(C=C)=c1\c(CC)ccc\c1=C\C. The summed E-state index contributed by atoms with van der Waals surface area (Å²) in [5.41, 5.74) is 4.28. The van der Waals surface area contributed by atoms with E-state index in [9.17, 15) is 4.39 Å². The van der Waals surface area contributed by atoms with Crippen molar-refractivity contribution in [2.24, 2.45) is 0 Å². The molecule has 0 aliphatic heterocycles. The van der Waals surface area contributed by atoms with E-state index in [4.69, 9.17) is 0 Å². The first-order valence-corrected chi connectivity index (χ1v) is 11.4. The summed E-state index contributed by atoms with van der Waals surface area (Å²) >= 11 is 1.40. The molecule has 0 unspecified atom stereocenters. The summed E-state index contributed by atoms with van der Waals surface area (Å²) in [5, 5.41) is 2.80. The maximum Gasteiger partial charge on any atom is 0.311 e. The topological polar surface area (TPSA) is 43.6 Å². The van der Waals surface area contributed by atoms with Gasteiger partial charge >= 0.3 is 6.08 Å². The highest BCUT2D eigenvalue weighted by atomic mass is 32.2. The molecule has 0 radical (unpaired) electrons. The van der Waals surface area contributed by atoms with Crippen LogP contribution in [0.15, 0.2) is 79.2 Å². The Hall–Kier alpha value is -3.25. The lowest BCUT2D eigenvalue weighted by molar-refractivity contribution is 0.531. The van der Waals surface area contributed by atoms with Gasteiger partial charge in [-0.15, -0.1) is 0 Å². The van der Waals surface area contributed by atoms with Crippen molar-refractivity contribution in [3.63, 3.8) is 0 Å². The van der Waals surface area contributed by atoms with Gasteiger partial charge in [-0.05, 0) is 40.5 Å². The summed E-state index contributed by atoms with van der Waals surface area (Å²) in [6.45, 7) is 16.2. The van der Waals surface area contributed by atoms with Gasteiger partial charge < -0.3 is 4.57 Å². The Morgan fingerprint density at radius 1 is 1.19 bits per heavy atom. The maximum atomic E-state index is 14.3. The first-order chi connectivity index (χ1) is 15.6. The molecule has 6 heteroatoms. The number of fused-ring (bicyclic) bond motifs is 1. The number of hydrogen-bond donors (Lipinski definition) is 0. The monoisotopic (exact) mass is 446 g/mol. The van der Waals surface area contributed by atoms with E-state index in [1.807, 2.05) is 23.6 Å². The third-order valence-electron chi connectivity index (χ3n) is 5.16. The quantitative estimate of drug-likeness (QED) is 0.206. The van der Waals surface area contributed by atoms with Crippen molar-refractivity contribution >= 4 is 34.6 Å². The lowest BCUT2D eigenvalue weighted by Gasteiger charge is -2.09. The van der Waals surface area contributed by atoms with E-state index in [1.54, 1.807) is 18.5 Å². The second-order valence-electron chi connectivity index (χ2n) is 7.07. The lowest BCUT2D eigenvalue weighted by Crippen LogP contribution is -2.31. The fourth-order valence-corrected chi connectivity index (χ4v) is 4.50. The Bertz CT molecular complexity index is 1320. The van der Waals surface area contributed by atoms with Crippen LogP contribution in [0.25, 0.3) is 22.8 Å². The number of aryl methyl sites for hydroxylation is 1. The molecule has 0 spiro atoms. The van der Waals surface area contributed by atoms with Crippen LogP contribution in [0.2, 0.25) is 0 Å². The Morgan fingerprint density at radius 2 is 2.00 bits per heavy atom. The molecule has 32 heavy (non-hydrogen) atoms. The molecule has 0 fully saturated rings. The van der Waals surface area contributed by atoms with Gasteiger partial charge in [0.25, 0.3) is 0 Å². The van der Waals surface area contributed by atoms with Gasteiger partial charge in [-0.1, -0.05) is 87.0 Å². The summed E-state index contributed by atoms with van der Waals surface area (Å²) in [6, 6.07) is 6.28. The second-order valence-corrected chi connectivity index (χ2v) is 8.03. The van der Waals surface area contributed by atoms with E-state index >= 15 is 0 Å². The van der Waals surface area contributed by atoms with Crippen LogP contribution in [0, 0.1) is 6.08 Å². The van der Waals surface area contributed by atoms with E-state index in [0.717, 1.165) is 28.0 Å². The smallest absolute Gasteiger partial charge is 0.311 e. The molecule has 0 bridgehead atoms. The summed E-state index contributed by atoms with van der Waals surface area (Å²) in [6.07, 6.45) is 11.1. The Labute approximate surface area is 192 Å². The van der Waals surface area contributed by atoms with Crippen LogP contribution in [0.5, 0.6) is 0 Å². The highest BCUT2D eigenvalue weighted by Gasteiger charge is 2.15. The summed E-state index contributed by atoms with van der Waals surface area (Å²) in [4.78, 5) is 12.5. The number of hydrogen-bond acceptors (Lipinski definition) is 4. The van der Waals surface area contributed by atoms with Gasteiger partial charge in [-0.3, -0.25) is 0 Å². The van der Waals surface area contributed by atoms with Crippen molar-refractivity contribution in [2.45, 2.75) is 31.8 Å². The number of benzene rings is 1. The molecule has 2 heterocycles. The molecule has 0 N–H and O–H groups in total. The van der Waals surface area contributed by atoms with Gasteiger partial charge in [-0.2, -0.15) is 14.4 Å². The van der Waals surface area contributed by atoms with E-state index < -0.39 is 6.08 Å². The Morgan fingerprint density at radius 3 is 2.66 bits per heavy atom. The highest BCUT2D eigenvalue weighted by Crippen LogP contribution is 2.26. The number of rotatable bonds is 9. The maximum absolute atomic E-state index is 14.3. The molecular formula is C26H27FN4S. The zero-order valence-corrected chi connectivity index (χ0v) is 19.3. The van der Waals surface area contributed by atoms with Crippen LogP contribution in [-0.2, 0) is 13.0 Å².